The van der Waals surface area contributed by atoms with E-state index in [9.17, 15) is 24.0 Å². The predicted molar refractivity (Wildman–Crippen MR) is 105 cm³/mol. The Balaban J connectivity index is 1.70. The fourth-order valence-electron chi connectivity index (χ4n) is 2.91. The third-order valence-electron chi connectivity index (χ3n) is 4.32. The highest BCUT2D eigenvalue weighted by atomic mass is 16.5. The van der Waals surface area contributed by atoms with Crippen molar-refractivity contribution in [2.75, 3.05) is 18.5 Å². The van der Waals surface area contributed by atoms with E-state index in [0.717, 1.165) is 4.90 Å². The summed E-state index contributed by atoms with van der Waals surface area (Å²) in [5.74, 6) is -3.43. The van der Waals surface area contributed by atoms with E-state index in [-0.39, 0.29) is 24.4 Å². The monoisotopic (exact) mass is 409 g/mol. The number of para-hydroxylation sites is 1. The lowest BCUT2D eigenvalue weighted by Gasteiger charge is -2.16. The van der Waals surface area contributed by atoms with Gasteiger partial charge in [0.2, 0.25) is 5.91 Å². The molecular weight excluding hydrogens is 390 g/mol. The van der Waals surface area contributed by atoms with E-state index in [1.165, 1.54) is 12.1 Å². The first kappa shape index (κ1) is 20.7. The van der Waals surface area contributed by atoms with Gasteiger partial charge in [-0.2, -0.15) is 0 Å². The topological polar surface area (TPSA) is 113 Å². The van der Waals surface area contributed by atoms with Crippen molar-refractivity contribution in [3.05, 3.63) is 65.7 Å². The Labute approximate surface area is 172 Å². The Hall–Kier alpha value is -4.01. The molecule has 9 heteroatoms. The van der Waals surface area contributed by atoms with E-state index < -0.39 is 36.3 Å². The van der Waals surface area contributed by atoms with Crippen molar-refractivity contribution in [3.8, 4) is 0 Å². The van der Waals surface area contributed by atoms with E-state index in [1.807, 2.05) is 0 Å². The molecule has 0 radical (unpaired) electrons. The molecular formula is C21H19N3O6. The first-order valence-electron chi connectivity index (χ1n) is 9.19. The lowest BCUT2D eigenvalue weighted by molar-refractivity contribution is -0.143. The number of carbonyl (C=O) groups is 5. The van der Waals surface area contributed by atoms with Crippen LogP contribution in [0.5, 0.6) is 0 Å². The summed E-state index contributed by atoms with van der Waals surface area (Å²) in [6, 6.07) is 14.0. The minimum atomic E-state index is -1.08. The second kappa shape index (κ2) is 8.99. The van der Waals surface area contributed by atoms with Crippen LogP contribution in [0.15, 0.2) is 54.6 Å². The van der Waals surface area contributed by atoms with Gasteiger partial charge in [-0.3, -0.25) is 19.3 Å². The van der Waals surface area contributed by atoms with Crippen molar-refractivity contribution in [1.82, 2.24) is 9.80 Å². The molecule has 0 bridgehead atoms. The van der Waals surface area contributed by atoms with Gasteiger partial charge in [-0.1, -0.05) is 42.5 Å². The van der Waals surface area contributed by atoms with Crippen LogP contribution >= 0.6 is 0 Å². The van der Waals surface area contributed by atoms with Crippen LogP contribution in [0.25, 0.3) is 0 Å². The highest BCUT2D eigenvalue weighted by Gasteiger charge is 2.45. The number of benzene rings is 2. The molecule has 1 aliphatic rings. The van der Waals surface area contributed by atoms with Crippen molar-refractivity contribution < 1.29 is 28.7 Å². The molecule has 1 N–H and O–H groups in total. The normalized spacial score (nSPS) is 13.6. The lowest BCUT2D eigenvalue weighted by atomic mass is 10.2. The van der Waals surface area contributed by atoms with Crippen molar-refractivity contribution in [3.63, 3.8) is 0 Å². The van der Waals surface area contributed by atoms with Gasteiger partial charge in [0.15, 0.2) is 0 Å². The minimum absolute atomic E-state index is 0.0753. The van der Waals surface area contributed by atoms with Crippen LogP contribution in [-0.2, 0) is 25.7 Å². The summed E-state index contributed by atoms with van der Waals surface area (Å²) in [4.78, 5) is 62.8. The number of hydrogen-bond donors (Lipinski definition) is 1. The molecule has 1 heterocycles. The van der Waals surface area contributed by atoms with Crippen LogP contribution in [0.2, 0.25) is 0 Å². The fourth-order valence-corrected chi connectivity index (χ4v) is 2.91. The summed E-state index contributed by atoms with van der Waals surface area (Å²) >= 11 is 0. The Kier molecular flexibility index (Phi) is 6.21. The summed E-state index contributed by atoms with van der Waals surface area (Å²) in [7, 11) is 0. The predicted octanol–water partition coefficient (Wildman–Crippen LogP) is 1.79. The molecule has 0 spiro atoms. The molecule has 2 aromatic rings. The zero-order valence-corrected chi connectivity index (χ0v) is 16.2. The second-order valence-electron chi connectivity index (χ2n) is 6.36. The van der Waals surface area contributed by atoms with E-state index in [1.54, 1.807) is 49.4 Å². The Bertz CT molecular complexity index is 1000. The average Bonchev–Trinajstić information content (AvgIpc) is 2.93. The Morgan fingerprint density at radius 1 is 0.900 bits per heavy atom. The van der Waals surface area contributed by atoms with E-state index in [4.69, 9.17) is 4.74 Å². The van der Waals surface area contributed by atoms with Gasteiger partial charge in [-0.25, -0.2) is 14.5 Å². The number of carbonyl (C=O) groups excluding carboxylic acids is 5. The van der Waals surface area contributed by atoms with Crippen LogP contribution in [0.1, 0.15) is 22.8 Å². The van der Waals surface area contributed by atoms with Crippen LogP contribution in [-0.4, -0.2) is 52.7 Å². The standard InChI is InChI=1S/C21H19N3O6/c1-2-30-20(28)15-10-6-7-11-16(15)22-17(25)13-24-19(27)18(26)23(21(24)29)12-14-8-4-3-5-9-14/h3-11H,2,12-13H2,1H3,(H,22,25). The summed E-state index contributed by atoms with van der Waals surface area (Å²) in [6.07, 6.45) is 0. The van der Waals surface area contributed by atoms with Gasteiger partial charge in [0.1, 0.15) is 6.54 Å². The van der Waals surface area contributed by atoms with Crippen molar-refractivity contribution in [1.29, 1.82) is 0 Å². The SMILES string of the molecule is CCOC(=O)c1ccccc1NC(=O)CN1C(=O)C(=O)N(Cc2ccccc2)C1=O. The molecule has 2 aromatic carbocycles. The zero-order valence-electron chi connectivity index (χ0n) is 16.2. The molecule has 0 aliphatic carbocycles. The molecule has 0 unspecified atom stereocenters. The van der Waals surface area contributed by atoms with Crippen LogP contribution in [0.4, 0.5) is 10.5 Å². The largest absolute Gasteiger partial charge is 0.462 e. The van der Waals surface area contributed by atoms with Gasteiger partial charge >= 0.3 is 23.8 Å². The van der Waals surface area contributed by atoms with Crippen molar-refractivity contribution in [2.24, 2.45) is 0 Å². The molecule has 0 saturated carbocycles. The zero-order chi connectivity index (χ0) is 21.7. The first-order chi connectivity index (χ1) is 14.4. The van der Waals surface area contributed by atoms with Gasteiger partial charge in [-0.15, -0.1) is 0 Å². The highest BCUT2D eigenvalue weighted by Crippen LogP contribution is 2.18. The number of rotatable bonds is 7. The second-order valence-corrected chi connectivity index (χ2v) is 6.36. The van der Waals surface area contributed by atoms with E-state index in [0.29, 0.717) is 10.5 Å². The molecule has 30 heavy (non-hydrogen) atoms. The summed E-state index contributed by atoms with van der Waals surface area (Å²) in [5, 5.41) is 2.48. The number of urea groups is 1. The van der Waals surface area contributed by atoms with Gasteiger partial charge in [0.05, 0.1) is 24.4 Å². The highest BCUT2D eigenvalue weighted by molar-refractivity contribution is 6.45. The Morgan fingerprint density at radius 2 is 1.53 bits per heavy atom. The van der Waals surface area contributed by atoms with Crippen LogP contribution < -0.4 is 5.32 Å². The number of esters is 1. The molecule has 1 aliphatic heterocycles. The average molecular weight is 409 g/mol. The maximum Gasteiger partial charge on any atom is 0.340 e. The van der Waals surface area contributed by atoms with Crippen LogP contribution in [0, 0.1) is 0 Å². The van der Waals surface area contributed by atoms with Crippen LogP contribution in [0.3, 0.4) is 0 Å². The number of nitrogens with zero attached hydrogens (tertiary/aromatic N) is 2. The fraction of sp³-hybridized carbons (Fsp3) is 0.190. The number of amides is 5. The molecule has 0 aromatic heterocycles. The van der Waals surface area contributed by atoms with Gasteiger partial charge < -0.3 is 10.1 Å². The summed E-state index contributed by atoms with van der Waals surface area (Å²) in [5.41, 5.74) is 0.975. The molecule has 1 fully saturated rings. The molecule has 0 atom stereocenters. The lowest BCUT2D eigenvalue weighted by Crippen LogP contribution is -2.39. The van der Waals surface area contributed by atoms with Gasteiger partial charge in [0.25, 0.3) is 0 Å². The smallest absolute Gasteiger partial charge is 0.340 e. The third-order valence-corrected chi connectivity index (χ3v) is 4.32. The number of nitrogens with one attached hydrogen (secondary N) is 1. The summed E-state index contributed by atoms with van der Waals surface area (Å²) < 4.78 is 4.94. The first-order valence-corrected chi connectivity index (χ1v) is 9.19. The maximum atomic E-state index is 12.5. The number of imide groups is 2. The summed E-state index contributed by atoms with van der Waals surface area (Å²) in [6.45, 7) is 1.08. The van der Waals surface area contributed by atoms with Gasteiger partial charge in [0, 0.05) is 0 Å². The molecule has 154 valence electrons. The van der Waals surface area contributed by atoms with Crippen molar-refractivity contribution in [2.45, 2.75) is 13.5 Å². The number of hydrogen-bond acceptors (Lipinski definition) is 6. The van der Waals surface area contributed by atoms with Gasteiger partial charge in [-0.05, 0) is 24.6 Å². The molecule has 9 nitrogen and oxygen atoms in total. The Morgan fingerprint density at radius 3 is 2.23 bits per heavy atom. The van der Waals surface area contributed by atoms with E-state index >= 15 is 0 Å². The quantitative estimate of drug-likeness (QED) is 0.424. The number of ether oxygens (including phenoxy) is 1. The molecule has 1 saturated heterocycles. The van der Waals surface area contributed by atoms with E-state index in [2.05, 4.69) is 5.32 Å². The minimum Gasteiger partial charge on any atom is -0.462 e. The number of anilines is 1. The third kappa shape index (κ3) is 4.35. The molecule has 5 amide bonds. The maximum absolute atomic E-state index is 12.5. The molecule has 3 rings (SSSR count). The van der Waals surface area contributed by atoms with Crippen molar-refractivity contribution >= 4 is 35.4 Å².